The molecular weight excluding hydrogens is 729 g/mol. The molecule has 0 saturated carbocycles. The number of aromatic amines is 2. The van der Waals surface area contributed by atoms with Gasteiger partial charge in [-0.15, -0.1) is 12.8 Å². The molecular formula is C51H76N6O2. The van der Waals surface area contributed by atoms with Crippen LogP contribution in [0.2, 0.25) is 0 Å². The largest absolute Gasteiger partial charge is 0.348 e. The highest BCUT2D eigenvalue weighted by Gasteiger charge is 2.31. The lowest BCUT2D eigenvalue weighted by atomic mass is 9.80. The first-order valence-corrected chi connectivity index (χ1v) is 21.4. The van der Waals surface area contributed by atoms with E-state index >= 15 is 0 Å². The summed E-state index contributed by atoms with van der Waals surface area (Å²) in [5.74, 6) is 3.11. The zero-order valence-electron chi connectivity index (χ0n) is 38.9. The van der Waals surface area contributed by atoms with Crippen LogP contribution in [0, 0.1) is 35.5 Å². The average Bonchev–Trinajstić information content (AvgIpc) is 3.89. The standard InChI is InChI=1S/C41H54N6O2.2C4H10.C2H2/c1-9-13-15-33(12-4)41(7,8)39(49)45-27-37-43-25-35(47-37)31-22-18-29(19-23-31)28-16-20-30(21-17-28)34-24-42-36(46-34)26-44-38(48)40(5,6)32(11-3)14-10-2;2*1-4(2)3;1-2/h11,15-25H,9-10,12-14,26-27H2,1-8H3,(H,42,46)(H,43,47)(H,44,48)(H,45,49);2*4H,1-3H3;1-2H/b32-11+,33-15+;;;. The van der Waals surface area contributed by atoms with Gasteiger partial charge < -0.3 is 20.6 Å². The highest BCUT2D eigenvalue weighted by Crippen LogP contribution is 2.32. The monoisotopic (exact) mass is 805 g/mol. The van der Waals surface area contributed by atoms with Crippen molar-refractivity contribution in [3.63, 3.8) is 0 Å². The number of nitrogens with one attached hydrogen (secondary N) is 4. The van der Waals surface area contributed by atoms with E-state index in [2.05, 4.69) is 166 Å². The number of amides is 2. The van der Waals surface area contributed by atoms with Crippen LogP contribution in [0.5, 0.6) is 0 Å². The van der Waals surface area contributed by atoms with Crippen LogP contribution in [0.25, 0.3) is 33.6 Å². The van der Waals surface area contributed by atoms with Crippen LogP contribution in [0.1, 0.15) is 141 Å². The van der Waals surface area contributed by atoms with E-state index in [9.17, 15) is 9.59 Å². The summed E-state index contributed by atoms with van der Waals surface area (Å²) < 4.78 is 0. The Morgan fingerprint density at radius 3 is 1.32 bits per heavy atom. The van der Waals surface area contributed by atoms with Crippen LogP contribution in [0.3, 0.4) is 0 Å². The molecule has 4 rings (SSSR count). The van der Waals surface area contributed by atoms with Gasteiger partial charge in [0.2, 0.25) is 11.8 Å². The van der Waals surface area contributed by atoms with Gasteiger partial charge in [0.05, 0.1) is 47.7 Å². The van der Waals surface area contributed by atoms with Gasteiger partial charge in [-0.25, -0.2) is 9.97 Å². The molecule has 2 amide bonds. The summed E-state index contributed by atoms with van der Waals surface area (Å²) in [6.07, 6.45) is 20.7. The van der Waals surface area contributed by atoms with E-state index in [1.54, 1.807) is 0 Å². The van der Waals surface area contributed by atoms with Gasteiger partial charge in [-0.3, -0.25) is 9.59 Å². The molecule has 2 aromatic heterocycles. The van der Waals surface area contributed by atoms with Crippen molar-refractivity contribution in [2.24, 2.45) is 22.7 Å². The number of carbonyl (C=O) groups is 2. The number of unbranched alkanes of at least 4 members (excludes halogenated alkanes) is 1. The van der Waals surface area contributed by atoms with E-state index in [0.717, 1.165) is 94.8 Å². The van der Waals surface area contributed by atoms with Crippen LogP contribution in [-0.4, -0.2) is 31.8 Å². The molecule has 0 saturated heterocycles. The van der Waals surface area contributed by atoms with Gasteiger partial charge in [0.15, 0.2) is 0 Å². The maximum Gasteiger partial charge on any atom is 0.230 e. The summed E-state index contributed by atoms with van der Waals surface area (Å²) >= 11 is 0. The summed E-state index contributed by atoms with van der Waals surface area (Å²) in [6, 6.07) is 16.7. The van der Waals surface area contributed by atoms with Crippen molar-refractivity contribution in [3.05, 3.63) is 95.9 Å². The van der Waals surface area contributed by atoms with E-state index in [1.807, 2.05) is 47.0 Å². The molecule has 59 heavy (non-hydrogen) atoms. The van der Waals surface area contributed by atoms with Crippen molar-refractivity contribution in [1.82, 2.24) is 30.6 Å². The van der Waals surface area contributed by atoms with E-state index in [1.165, 1.54) is 5.57 Å². The molecule has 0 aliphatic carbocycles. The minimum Gasteiger partial charge on any atom is -0.348 e. The predicted molar refractivity (Wildman–Crippen MR) is 251 cm³/mol. The van der Waals surface area contributed by atoms with Crippen molar-refractivity contribution in [2.75, 3.05) is 0 Å². The number of terminal acetylenes is 1. The Morgan fingerprint density at radius 1 is 0.644 bits per heavy atom. The molecule has 8 nitrogen and oxygen atoms in total. The summed E-state index contributed by atoms with van der Waals surface area (Å²) in [5.41, 5.74) is 7.25. The molecule has 0 fully saturated rings. The van der Waals surface area contributed by atoms with Crippen LogP contribution in [0.15, 0.2) is 84.2 Å². The molecule has 0 bridgehead atoms. The second-order valence-electron chi connectivity index (χ2n) is 17.2. The molecule has 0 spiro atoms. The number of allylic oxidation sites excluding steroid dienone is 2. The summed E-state index contributed by atoms with van der Waals surface area (Å²) in [4.78, 5) is 41.8. The molecule has 4 aromatic rings. The summed E-state index contributed by atoms with van der Waals surface area (Å²) in [6.45, 7) is 30.0. The third-order valence-corrected chi connectivity index (χ3v) is 9.48. The molecule has 0 aliphatic heterocycles. The molecule has 0 aliphatic rings. The minimum absolute atomic E-state index is 0.000201. The number of aromatic nitrogens is 4. The van der Waals surface area contributed by atoms with Crippen molar-refractivity contribution >= 4 is 11.8 Å². The lowest BCUT2D eigenvalue weighted by molar-refractivity contribution is -0.128. The molecule has 0 unspecified atom stereocenters. The second kappa shape index (κ2) is 26.0. The normalized spacial score (nSPS) is 11.8. The van der Waals surface area contributed by atoms with Crippen LogP contribution in [-0.2, 0) is 22.7 Å². The Bertz CT molecular complexity index is 1890. The van der Waals surface area contributed by atoms with Crippen molar-refractivity contribution in [3.8, 4) is 46.5 Å². The second-order valence-corrected chi connectivity index (χ2v) is 17.2. The summed E-state index contributed by atoms with van der Waals surface area (Å²) in [7, 11) is 0. The maximum absolute atomic E-state index is 13.1. The van der Waals surface area contributed by atoms with E-state index in [0.29, 0.717) is 13.1 Å². The number of carbonyl (C=O) groups excluding carboxylic acids is 2. The molecule has 2 heterocycles. The van der Waals surface area contributed by atoms with Gasteiger partial charge in [0, 0.05) is 0 Å². The molecule has 4 N–H and O–H groups in total. The molecule has 2 aromatic carbocycles. The number of nitrogens with zero attached hydrogens (tertiary/aromatic N) is 2. The fraction of sp³-hybridized carbons (Fsp3) is 0.490. The lowest BCUT2D eigenvalue weighted by Crippen LogP contribution is -2.38. The number of benzene rings is 2. The lowest BCUT2D eigenvalue weighted by Gasteiger charge is -2.26. The van der Waals surface area contributed by atoms with E-state index in [-0.39, 0.29) is 11.8 Å². The highest BCUT2D eigenvalue weighted by atomic mass is 16.2. The number of hydrogen-bond donors (Lipinski definition) is 4. The Morgan fingerprint density at radius 2 is 1.00 bits per heavy atom. The predicted octanol–water partition coefficient (Wildman–Crippen LogP) is 12.9. The first-order chi connectivity index (χ1) is 27.9. The molecule has 0 radical (unpaired) electrons. The zero-order chi connectivity index (χ0) is 44.8. The Balaban J connectivity index is 0.00000157. The zero-order valence-corrected chi connectivity index (χ0v) is 38.9. The average molecular weight is 805 g/mol. The number of rotatable bonds is 16. The Labute approximate surface area is 358 Å². The fourth-order valence-corrected chi connectivity index (χ4v) is 6.19. The third kappa shape index (κ3) is 16.9. The van der Waals surface area contributed by atoms with Gasteiger partial charge >= 0.3 is 0 Å². The van der Waals surface area contributed by atoms with Gasteiger partial charge in [0.1, 0.15) is 11.6 Å². The highest BCUT2D eigenvalue weighted by molar-refractivity contribution is 5.85. The molecule has 322 valence electrons. The number of imidazole rings is 2. The van der Waals surface area contributed by atoms with Gasteiger partial charge in [0.25, 0.3) is 0 Å². The quantitative estimate of drug-likeness (QED) is 0.0666. The van der Waals surface area contributed by atoms with Crippen LogP contribution >= 0.6 is 0 Å². The maximum atomic E-state index is 13.1. The smallest absolute Gasteiger partial charge is 0.230 e. The van der Waals surface area contributed by atoms with Gasteiger partial charge in [-0.1, -0.05) is 147 Å². The van der Waals surface area contributed by atoms with Crippen molar-refractivity contribution in [1.29, 1.82) is 0 Å². The number of hydrogen-bond acceptors (Lipinski definition) is 4. The van der Waals surface area contributed by atoms with Crippen molar-refractivity contribution in [2.45, 2.75) is 142 Å². The van der Waals surface area contributed by atoms with Crippen LogP contribution < -0.4 is 10.6 Å². The van der Waals surface area contributed by atoms with E-state index < -0.39 is 10.8 Å². The Kier molecular flexibility index (Phi) is 22.9. The van der Waals surface area contributed by atoms with Gasteiger partial charge in [-0.05, 0) is 88.0 Å². The first-order valence-electron chi connectivity index (χ1n) is 21.4. The summed E-state index contributed by atoms with van der Waals surface area (Å²) in [5, 5.41) is 6.13. The van der Waals surface area contributed by atoms with E-state index in [4.69, 9.17) is 0 Å². The fourth-order valence-electron chi connectivity index (χ4n) is 6.19. The van der Waals surface area contributed by atoms with Gasteiger partial charge in [-0.2, -0.15) is 0 Å². The Hall–Kier alpha value is -5.16. The molecule has 0 atom stereocenters. The first kappa shape index (κ1) is 51.9. The topological polar surface area (TPSA) is 116 Å². The SMILES string of the molecule is C#C.C/C=C(\CCC)C(C)(C)C(=O)NCc1ncc(-c2ccc(-c3ccc(-c4cnc(CNC(=O)C(C)(C)/C(=C/CCC)CC)[nH]4)cc3)cc2)[nH]1.CC(C)C.CC(C)C. The third-order valence-electron chi connectivity index (χ3n) is 9.48. The number of H-pyrrole nitrogens is 2. The van der Waals surface area contributed by atoms with Crippen molar-refractivity contribution < 1.29 is 9.59 Å². The molecule has 8 heteroatoms. The minimum atomic E-state index is -0.560. The van der Waals surface area contributed by atoms with Crippen LogP contribution in [0.4, 0.5) is 0 Å².